The summed E-state index contributed by atoms with van der Waals surface area (Å²) in [6.07, 6.45) is 0.775. The number of pyridine rings is 6. The molecule has 0 spiro atoms. The van der Waals surface area contributed by atoms with Gasteiger partial charge in [-0.15, -0.1) is 0 Å². The number of ether oxygens (including phenoxy) is 10. The second-order valence-corrected chi connectivity index (χ2v) is 26.0. The quantitative estimate of drug-likeness (QED) is 0.0168. The van der Waals surface area contributed by atoms with Crippen molar-refractivity contribution in [3.8, 4) is 63.6 Å². The molecular formula is C67H88I4N10O16. The van der Waals surface area contributed by atoms with Gasteiger partial charge in [0, 0.05) is 79.9 Å². The first-order valence-corrected chi connectivity index (χ1v) is 35.3. The maximum Gasteiger partial charge on any atom is 0.258 e. The molecule has 8 aromatic heterocycles. The van der Waals surface area contributed by atoms with Gasteiger partial charge in [-0.3, -0.25) is 0 Å². The zero-order valence-electron chi connectivity index (χ0n) is 57.0. The number of furan rings is 1. The van der Waals surface area contributed by atoms with Crippen molar-refractivity contribution in [2.45, 2.75) is 114 Å². The summed E-state index contributed by atoms with van der Waals surface area (Å²) < 4.78 is 61.4. The van der Waals surface area contributed by atoms with Gasteiger partial charge < -0.3 is 88.0 Å². The lowest BCUT2D eigenvalue weighted by Gasteiger charge is -2.21. The van der Waals surface area contributed by atoms with E-state index < -0.39 is 24.2 Å². The van der Waals surface area contributed by atoms with Crippen LogP contribution in [-0.4, -0.2) is 165 Å². The molecule has 26 nitrogen and oxygen atoms in total. The highest BCUT2D eigenvalue weighted by molar-refractivity contribution is 14.1. The SMILES string of the molecule is CCOc1nc(C)cc(I)c1O.CCOc1nc(C)cc(I)c1OCOC.CCOc1nc(C)cc2cc(-c3c(C)nc(NCC4CC4)nc3N[C@@H]3C[C@H](CO)[C@@H](O)[C@H]3O)oc12.CCOc1nc(C)ccc1OCOC.COCOc1ccc(C)nc1I.Cc1ccc(O)c(I)n1. The van der Waals surface area contributed by atoms with Crippen molar-refractivity contribution in [3.63, 3.8) is 0 Å². The highest BCUT2D eigenvalue weighted by Crippen LogP contribution is 2.40. The van der Waals surface area contributed by atoms with Gasteiger partial charge in [0.25, 0.3) is 23.5 Å². The number of aryl methyl sites for hydroxylation is 7. The number of hydrogen-bond donors (Lipinski definition) is 7. The van der Waals surface area contributed by atoms with Gasteiger partial charge in [-0.2, -0.15) is 4.98 Å². The molecule has 8 heterocycles. The monoisotopic (exact) mass is 1800 g/mol. The van der Waals surface area contributed by atoms with E-state index in [1.165, 1.54) is 12.8 Å². The molecule has 0 bridgehead atoms. The average molecular weight is 1800 g/mol. The van der Waals surface area contributed by atoms with Crippen LogP contribution in [-0.2, 0) is 14.2 Å². The summed E-state index contributed by atoms with van der Waals surface area (Å²) in [6.45, 7) is 24.3. The topological polar surface area (TPSA) is 334 Å². The largest absolute Gasteiger partial charge is 0.505 e. The van der Waals surface area contributed by atoms with Gasteiger partial charge in [-0.05, 0) is 252 Å². The third-order valence-corrected chi connectivity index (χ3v) is 16.8. The van der Waals surface area contributed by atoms with Gasteiger partial charge in [0.15, 0.2) is 49.0 Å². The van der Waals surface area contributed by atoms with Crippen LogP contribution in [0.3, 0.4) is 0 Å². The van der Waals surface area contributed by atoms with E-state index in [0.717, 1.165) is 62.7 Å². The first kappa shape index (κ1) is 81.7. The Balaban J connectivity index is 0.000000230. The molecule has 8 aromatic rings. The van der Waals surface area contributed by atoms with E-state index in [1.807, 2.05) is 164 Å². The van der Waals surface area contributed by atoms with E-state index in [9.17, 15) is 20.4 Å². The first-order valence-electron chi connectivity index (χ1n) is 31.0. The number of fused-ring (bicyclic) bond motifs is 1. The predicted molar refractivity (Wildman–Crippen MR) is 402 cm³/mol. The van der Waals surface area contributed by atoms with Crippen molar-refractivity contribution in [3.05, 3.63) is 115 Å². The number of hydrogen-bond acceptors (Lipinski definition) is 26. The smallest absolute Gasteiger partial charge is 0.258 e. The number of aliphatic hydroxyl groups excluding tert-OH is 3. The number of rotatable bonds is 24. The molecule has 7 N–H and O–H groups in total. The number of aromatic hydroxyl groups is 2. The van der Waals surface area contributed by atoms with Crippen LogP contribution in [0.1, 0.15) is 86.8 Å². The Hall–Kier alpha value is -6.00. The molecule has 30 heteroatoms. The second-order valence-electron chi connectivity index (χ2n) is 21.6. The standard InChI is InChI=1S/C25H33N5O5.C10H14INO3.C10H15NO3.2C8H10INO2.C6H6INO/c1-4-34-24-22-15(7-12(2)27-24)9-18(35-22)19-13(3)28-25(26-10-14-5-6-14)30-23(19)29-17-8-16(11-31)20(32)21(17)33;1-4-14-10-9(15-6-13-3)8(11)5-7(2)12-10;1-4-13-10-9(14-7-12-3)6-5-8(2)11-10;1-6-3-4-7(8(9)10-6)12-5-11-2;1-3-12-8-7(11)6(9)4-5(2)10-8;1-4-2-3-5(9)6(7)8-4/h7,9,14,16-17,20-21,31-33H,4-6,8,10-11H2,1-3H3,(H2,26,28,29,30);5H,4,6H2,1-3H3;5-6H,4,7H2,1-3H3;3-4H,5H2,1-2H3;4,11H,3H2,1-2H3;2-3,9H,1H3/t16-,17-,20-,21+;;;;;/m1...../s1. The summed E-state index contributed by atoms with van der Waals surface area (Å²) in [5.74, 6) is 5.98. The number of anilines is 2. The second kappa shape index (κ2) is 42.2. The van der Waals surface area contributed by atoms with E-state index >= 15 is 0 Å². The number of nitrogens with one attached hydrogen (secondary N) is 2. The summed E-state index contributed by atoms with van der Waals surface area (Å²) in [5.41, 5.74) is 7.30. The predicted octanol–water partition coefficient (Wildman–Crippen LogP) is 12.6. The maximum absolute atomic E-state index is 10.6. The fourth-order valence-electron chi connectivity index (χ4n) is 8.91. The average Bonchev–Trinajstić information content (AvgIpc) is 1.59. The van der Waals surface area contributed by atoms with Crippen molar-refractivity contribution >= 4 is 113 Å². The summed E-state index contributed by atoms with van der Waals surface area (Å²) in [6, 6.07) is 18.0. The highest BCUT2D eigenvalue weighted by atomic mass is 127. The van der Waals surface area contributed by atoms with Crippen LogP contribution < -0.4 is 43.8 Å². The Morgan fingerprint density at radius 1 is 0.536 bits per heavy atom. The molecule has 2 aliphatic carbocycles. The van der Waals surface area contributed by atoms with Gasteiger partial charge >= 0.3 is 0 Å². The van der Waals surface area contributed by atoms with Gasteiger partial charge in [0.2, 0.25) is 5.95 Å². The minimum atomic E-state index is -1.04. The van der Waals surface area contributed by atoms with E-state index in [2.05, 4.69) is 90.7 Å². The Morgan fingerprint density at radius 3 is 1.63 bits per heavy atom. The Labute approximate surface area is 621 Å². The van der Waals surface area contributed by atoms with Crippen molar-refractivity contribution in [2.24, 2.45) is 11.8 Å². The van der Waals surface area contributed by atoms with Crippen LogP contribution in [0.4, 0.5) is 11.8 Å². The normalized spacial score (nSPS) is 15.1. The van der Waals surface area contributed by atoms with E-state index in [4.69, 9.17) is 61.9 Å². The van der Waals surface area contributed by atoms with Crippen LogP contribution in [0.2, 0.25) is 0 Å². The number of halogens is 4. The van der Waals surface area contributed by atoms with Crippen LogP contribution in [0, 0.1) is 74.8 Å². The molecule has 0 radical (unpaired) electrons. The lowest BCUT2D eigenvalue weighted by molar-refractivity contribution is 0.00446. The van der Waals surface area contributed by atoms with Gasteiger partial charge in [-0.1, -0.05) is 0 Å². The third-order valence-electron chi connectivity index (χ3n) is 13.6. The molecule has 0 amide bonds. The number of nitrogens with zero attached hydrogens (tertiary/aromatic N) is 8. The summed E-state index contributed by atoms with van der Waals surface area (Å²) in [5, 5.41) is 56.4. The zero-order chi connectivity index (χ0) is 71.3. The summed E-state index contributed by atoms with van der Waals surface area (Å²) >= 11 is 8.36. The molecule has 2 saturated carbocycles. The van der Waals surface area contributed by atoms with Gasteiger partial charge in [0.1, 0.15) is 30.8 Å². The van der Waals surface area contributed by atoms with E-state index in [0.29, 0.717) is 112 Å². The van der Waals surface area contributed by atoms with Crippen molar-refractivity contribution in [2.75, 3.05) is 91.9 Å². The first-order chi connectivity index (χ1) is 46.4. The zero-order valence-corrected chi connectivity index (χ0v) is 65.6. The molecule has 2 aliphatic rings. The summed E-state index contributed by atoms with van der Waals surface area (Å²) in [4.78, 5) is 34.6. The fourth-order valence-corrected chi connectivity index (χ4v) is 11.7. The lowest BCUT2D eigenvalue weighted by atomic mass is 10.1. The molecule has 10 rings (SSSR count). The Morgan fingerprint density at radius 2 is 1.05 bits per heavy atom. The minimum absolute atomic E-state index is 0.128. The minimum Gasteiger partial charge on any atom is -0.505 e. The molecule has 4 atom stereocenters. The van der Waals surface area contributed by atoms with E-state index in [-0.39, 0.29) is 38.5 Å². The lowest BCUT2D eigenvalue weighted by Crippen LogP contribution is -2.35. The maximum atomic E-state index is 10.6. The van der Waals surface area contributed by atoms with Gasteiger partial charge in [0.05, 0.1) is 57.0 Å². The van der Waals surface area contributed by atoms with Crippen molar-refractivity contribution in [1.29, 1.82) is 0 Å². The number of aromatic nitrogens is 8. The Bertz CT molecular complexity index is 3750. The van der Waals surface area contributed by atoms with Crippen molar-refractivity contribution < 1.29 is 77.3 Å². The molecule has 0 saturated heterocycles. The van der Waals surface area contributed by atoms with Gasteiger partial charge in [-0.25, -0.2) is 34.9 Å². The molecular weight excluding hydrogens is 1710 g/mol. The molecule has 0 unspecified atom stereocenters. The molecule has 97 heavy (non-hydrogen) atoms. The Kier molecular flexibility index (Phi) is 35.5. The molecule has 2 fully saturated rings. The van der Waals surface area contributed by atoms with Crippen LogP contribution >= 0.6 is 90.4 Å². The van der Waals surface area contributed by atoms with Crippen LogP contribution in [0.5, 0.6) is 52.3 Å². The summed E-state index contributed by atoms with van der Waals surface area (Å²) in [7, 11) is 4.74. The van der Waals surface area contributed by atoms with Crippen molar-refractivity contribution in [1.82, 2.24) is 39.9 Å². The fraction of sp³-hybridized carbons (Fsp3) is 0.463. The van der Waals surface area contributed by atoms with Crippen LogP contribution in [0.25, 0.3) is 22.3 Å². The number of methoxy groups -OCH3 is 3. The molecule has 530 valence electrons. The van der Waals surface area contributed by atoms with E-state index in [1.54, 1.807) is 39.5 Å². The number of aliphatic hydroxyl groups is 3. The highest BCUT2D eigenvalue weighted by Gasteiger charge is 2.42. The molecule has 0 aliphatic heterocycles. The third kappa shape index (κ3) is 26.2. The molecule has 0 aromatic carbocycles. The van der Waals surface area contributed by atoms with Crippen LogP contribution in [0.15, 0.2) is 65.1 Å².